The second-order valence-electron chi connectivity index (χ2n) is 4.22. The number of benzene rings is 1. The highest BCUT2D eigenvalue weighted by Crippen LogP contribution is 2.13. The molecule has 0 aliphatic rings. The molecule has 0 fully saturated rings. The summed E-state index contributed by atoms with van der Waals surface area (Å²) in [5, 5.41) is 6.87. The van der Waals surface area contributed by atoms with Crippen LogP contribution in [0.5, 0.6) is 0 Å². The molecule has 0 unspecified atom stereocenters. The van der Waals surface area contributed by atoms with Gasteiger partial charge < -0.3 is 10.6 Å². The van der Waals surface area contributed by atoms with E-state index in [2.05, 4.69) is 17.6 Å². The molecule has 0 heterocycles. The number of unbranched alkanes of at least 4 members (excludes halogenated alkanes) is 1. The molecule has 0 aliphatic heterocycles. The van der Waals surface area contributed by atoms with E-state index in [-0.39, 0.29) is 5.91 Å². The Morgan fingerprint density at radius 2 is 2.06 bits per heavy atom. The van der Waals surface area contributed by atoms with E-state index >= 15 is 0 Å². The summed E-state index contributed by atoms with van der Waals surface area (Å²) in [6.45, 7) is 4.25. The van der Waals surface area contributed by atoms with E-state index in [0.29, 0.717) is 19.5 Å². The number of hydrogen-bond acceptors (Lipinski definition) is 2. The van der Waals surface area contributed by atoms with Gasteiger partial charge >= 0.3 is 0 Å². The standard InChI is InChI=1S/C14H21ClN2O/c1-2-3-9-17-14(18)8-10-16-11-12-6-4-5-7-13(12)15/h4-7,16H,2-3,8-11H2,1H3,(H,17,18). The summed E-state index contributed by atoms with van der Waals surface area (Å²) >= 11 is 6.03. The van der Waals surface area contributed by atoms with Crippen LogP contribution in [0, 0.1) is 0 Å². The van der Waals surface area contributed by atoms with E-state index in [9.17, 15) is 4.79 Å². The second kappa shape index (κ2) is 8.95. The summed E-state index contributed by atoms with van der Waals surface area (Å²) in [5.74, 6) is 0.107. The van der Waals surface area contributed by atoms with Crippen LogP contribution in [0.1, 0.15) is 31.7 Å². The van der Waals surface area contributed by atoms with Crippen molar-refractivity contribution in [1.29, 1.82) is 0 Å². The van der Waals surface area contributed by atoms with Crippen molar-refractivity contribution in [3.8, 4) is 0 Å². The Balaban J connectivity index is 2.12. The maximum atomic E-state index is 11.4. The molecule has 0 saturated heterocycles. The van der Waals surface area contributed by atoms with Crippen molar-refractivity contribution in [1.82, 2.24) is 10.6 Å². The highest BCUT2D eigenvalue weighted by molar-refractivity contribution is 6.31. The average Bonchev–Trinajstić information content (AvgIpc) is 2.37. The molecule has 0 saturated carbocycles. The van der Waals surface area contributed by atoms with Gasteiger partial charge in [0.05, 0.1) is 0 Å². The van der Waals surface area contributed by atoms with Crippen LogP contribution < -0.4 is 10.6 Å². The number of nitrogens with one attached hydrogen (secondary N) is 2. The first-order valence-corrected chi connectivity index (χ1v) is 6.82. The van der Waals surface area contributed by atoms with E-state index in [1.54, 1.807) is 0 Å². The Kier molecular flexibility index (Phi) is 7.46. The average molecular weight is 269 g/mol. The van der Waals surface area contributed by atoms with Crippen LogP contribution in [0.4, 0.5) is 0 Å². The van der Waals surface area contributed by atoms with Crippen LogP contribution in [-0.4, -0.2) is 19.0 Å². The fourth-order valence-corrected chi connectivity index (χ4v) is 1.76. The minimum absolute atomic E-state index is 0.107. The summed E-state index contributed by atoms with van der Waals surface area (Å²) in [7, 11) is 0. The molecule has 4 heteroatoms. The van der Waals surface area contributed by atoms with E-state index in [4.69, 9.17) is 11.6 Å². The van der Waals surface area contributed by atoms with Crippen molar-refractivity contribution in [2.45, 2.75) is 32.7 Å². The molecular formula is C14H21ClN2O. The van der Waals surface area contributed by atoms with Gasteiger partial charge in [0.1, 0.15) is 0 Å². The van der Waals surface area contributed by atoms with E-state index in [0.717, 1.165) is 30.0 Å². The van der Waals surface area contributed by atoms with Crippen LogP contribution in [0.15, 0.2) is 24.3 Å². The zero-order chi connectivity index (χ0) is 13.2. The number of halogens is 1. The minimum Gasteiger partial charge on any atom is -0.356 e. The molecule has 0 bridgehead atoms. The van der Waals surface area contributed by atoms with Crippen LogP contribution in [0.25, 0.3) is 0 Å². The molecule has 0 spiro atoms. The second-order valence-corrected chi connectivity index (χ2v) is 4.63. The van der Waals surface area contributed by atoms with Crippen molar-refractivity contribution < 1.29 is 4.79 Å². The fourth-order valence-electron chi connectivity index (χ4n) is 1.56. The van der Waals surface area contributed by atoms with Gasteiger partial charge in [-0.05, 0) is 18.1 Å². The van der Waals surface area contributed by atoms with Crippen molar-refractivity contribution in [3.05, 3.63) is 34.9 Å². The Bertz CT molecular complexity index is 369. The van der Waals surface area contributed by atoms with Gasteiger partial charge in [-0.2, -0.15) is 0 Å². The number of amides is 1. The molecule has 0 aromatic heterocycles. The highest BCUT2D eigenvalue weighted by Gasteiger charge is 2.01. The number of rotatable bonds is 8. The number of carbonyl (C=O) groups is 1. The third-order valence-corrected chi connectivity index (χ3v) is 3.02. The first-order valence-electron chi connectivity index (χ1n) is 6.45. The first-order chi connectivity index (χ1) is 8.74. The maximum absolute atomic E-state index is 11.4. The molecule has 18 heavy (non-hydrogen) atoms. The predicted octanol–water partition coefficient (Wildman–Crippen LogP) is 2.74. The SMILES string of the molecule is CCCCNC(=O)CCNCc1ccccc1Cl. The molecule has 1 aromatic carbocycles. The summed E-state index contributed by atoms with van der Waals surface area (Å²) in [5.41, 5.74) is 1.06. The number of hydrogen-bond donors (Lipinski definition) is 2. The summed E-state index contributed by atoms with van der Waals surface area (Å²) in [6.07, 6.45) is 2.65. The van der Waals surface area contributed by atoms with Crippen molar-refractivity contribution in [2.75, 3.05) is 13.1 Å². The lowest BCUT2D eigenvalue weighted by Crippen LogP contribution is -2.28. The van der Waals surface area contributed by atoms with Crippen LogP contribution in [-0.2, 0) is 11.3 Å². The molecule has 0 aliphatic carbocycles. The summed E-state index contributed by atoms with van der Waals surface area (Å²) < 4.78 is 0. The van der Waals surface area contributed by atoms with Crippen molar-refractivity contribution in [2.24, 2.45) is 0 Å². The smallest absolute Gasteiger partial charge is 0.221 e. The molecule has 1 amide bonds. The van der Waals surface area contributed by atoms with Gasteiger partial charge in [-0.25, -0.2) is 0 Å². The lowest BCUT2D eigenvalue weighted by Gasteiger charge is -2.07. The van der Waals surface area contributed by atoms with E-state index in [1.165, 1.54) is 0 Å². The maximum Gasteiger partial charge on any atom is 0.221 e. The first kappa shape index (κ1) is 15.0. The van der Waals surface area contributed by atoms with Gasteiger partial charge in [0, 0.05) is 31.1 Å². The quantitative estimate of drug-likeness (QED) is 0.712. The van der Waals surface area contributed by atoms with Crippen molar-refractivity contribution in [3.63, 3.8) is 0 Å². The Morgan fingerprint density at radius 3 is 2.78 bits per heavy atom. The molecular weight excluding hydrogens is 248 g/mol. The van der Waals surface area contributed by atoms with E-state index < -0.39 is 0 Å². The molecule has 2 N–H and O–H groups in total. The zero-order valence-electron chi connectivity index (χ0n) is 10.8. The Morgan fingerprint density at radius 1 is 1.28 bits per heavy atom. The van der Waals surface area contributed by atoms with Gasteiger partial charge in [-0.15, -0.1) is 0 Å². The van der Waals surface area contributed by atoms with Gasteiger partial charge in [0.25, 0.3) is 0 Å². The topological polar surface area (TPSA) is 41.1 Å². The summed E-state index contributed by atoms with van der Waals surface area (Å²) in [6, 6.07) is 7.72. The normalized spacial score (nSPS) is 10.3. The molecule has 0 radical (unpaired) electrons. The monoisotopic (exact) mass is 268 g/mol. The predicted molar refractivity (Wildman–Crippen MR) is 75.7 cm³/mol. The molecule has 1 rings (SSSR count). The third-order valence-electron chi connectivity index (χ3n) is 2.65. The lowest BCUT2D eigenvalue weighted by molar-refractivity contribution is -0.121. The van der Waals surface area contributed by atoms with Crippen LogP contribution in [0.3, 0.4) is 0 Å². The van der Waals surface area contributed by atoms with Crippen LogP contribution in [0.2, 0.25) is 5.02 Å². The molecule has 3 nitrogen and oxygen atoms in total. The Hall–Kier alpha value is -1.06. The minimum atomic E-state index is 0.107. The van der Waals surface area contributed by atoms with E-state index in [1.807, 2.05) is 24.3 Å². The zero-order valence-corrected chi connectivity index (χ0v) is 11.6. The highest BCUT2D eigenvalue weighted by atomic mass is 35.5. The Labute approximate surface area is 114 Å². The molecule has 100 valence electrons. The van der Waals surface area contributed by atoms with Gasteiger partial charge in [-0.1, -0.05) is 43.1 Å². The summed E-state index contributed by atoms with van der Waals surface area (Å²) in [4.78, 5) is 11.4. The molecule has 1 aromatic rings. The fraction of sp³-hybridized carbons (Fsp3) is 0.500. The van der Waals surface area contributed by atoms with Gasteiger partial charge in [-0.3, -0.25) is 4.79 Å². The lowest BCUT2D eigenvalue weighted by atomic mass is 10.2. The largest absolute Gasteiger partial charge is 0.356 e. The van der Waals surface area contributed by atoms with Gasteiger partial charge in [0.15, 0.2) is 0 Å². The van der Waals surface area contributed by atoms with Crippen LogP contribution >= 0.6 is 11.6 Å². The van der Waals surface area contributed by atoms with Crippen molar-refractivity contribution >= 4 is 17.5 Å². The molecule has 0 atom stereocenters. The number of carbonyl (C=O) groups excluding carboxylic acids is 1. The third kappa shape index (κ3) is 6.03. The van der Waals surface area contributed by atoms with Gasteiger partial charge in [0.2, 0.25) is 5.91 Å².